The maximum absolute atomic E-state index is 12.6. The monoisotopic (exact) mass is 453 g/mol. The molecule has 2 heterocycles. The van der Waals surface area contributed by atoms with Gasteiger partial charge in [-0.05, 0) is 30.3 Å². The van der Waals surface area contributed by atoms with E-state index in [-0.39, 0.29) is 23.0 Å². The quantitative estimate of drug-likeness (QED) is 0.529. The number of ether oxygens (including phenoxy) is 2. The largest absolute Gasteiger partial charge is 0.493 e. The summed E-state index contributed by atoms with van der Waals surface area (Å²) in [5.41, 5.74) is 0.808. The Morgan fingerprint density at radius 1 is 1.20 bits per heavy atom. The molecular weight excluding hydrogens is 436 g/mol. The standard InChI is InChI=1S/C19H17F2N3O4S2/c1-10(25)22-8-12-4-6-16(30-12)13-9-29-19(23-13)24-17(26)11-3-5-14(27-2)15(7-11)28-18(20)21/h3-7,9,18H,8H2,1-2H3,(H,22,25)(H,23,24,26). The third-order valence-electron chi connectivity index (χ3n) is 3.79. The van der Waals surface area contributed by atoms with Crippen LogP contribution < -0.4 is 20.1 Å². The highest BCUT2D eigenvalue weighted by molar-refractivity contribution is 7.17. The zero-order valence-corrected chi connectivity index (χ0v) is 17.5. The van der Waals surface area contributed by atoms with E-state index in [1.807, 2.05) is 12.1 Å². The summed E-state index contributed by atoms with van der Waals surface area (Å²) in [6.45, 7) is -1.15. The molecule has 158 valence electrons. The molecule has 0 saturated carbocycles. The van der Waals surface area contributed by atoms with Gasteiger partial charge in [0, 0.05) is 22.7 Å². The number of carbonyl (C=O) groups excluding carboxylic acids is 2. The Balaban J connectivity index is 1.70. The number of nitrogens with one attached hydrogen (secondary N) is 2. The second-order valence-corrected chi connectivity index (χ2v) is 7.94. The highest BCUT2D eigenvalue weighted by Gasteiger charge is 2.16. The van der Waals surface area contributed by atoms with Gasteiger partial charge < -0.3 is 14.8 Å². The van der Waals surface area contributed by atoms with Crippen molar-refractivity contribution in [3.63, 3.8) is 0 Å². The minimum atomic E-state index is -3.04. The second-order valence-electron chi connectivity index (χ2n) is 5.91. The van der Waals surface area contributed by atoms with Crippen molar-refractivity contribution in [2.24, 2.45) is 0 Å². The van der Waals surface area contributed by atoms with Crippen molar-refractivity contribution < 1.29 is 27.8 Å². The lowest BCUT2D eigenvalue weighted by Gasteiger charge is -2.11. The zero-order valence-electron chi connectivity index (χ0n) is 15.9. The molecule has 7 nitrogen and oxygen atoms in total. The van der Waals surface area contributed by atoms with E-state index in [4.69, 9.17) is 4.74 Å². The van der Waals surface area contributed by atoms with Crippen molar-refractivity contribution >= 4 is 39.6 Å². The Hall–Kier alpha value is -3.05. The SMILES string of the molecule is COc1ccc(C(=O)Nc2nc(-c3ccc(CNC(C)=O)s3)cs2)cc1OC(F)F. The molecule has 0 spiro atoms. The fraction of sp³-hybridized carbons (Fsp3) is 0.211. The minimum Gasteiger partial charge on any atom is -0.493 e. The number of alkyl halides is 2. The van der Waals surface area contributed by atoms with Gasteiger partial charge in [0.15, 0.2) is 16.6 Å². The summed E-state index contributed by atoms with van der Waals surface area (Å²) in [7, 11) is 1.32. The Morgan fingerprint density at radius 2 is 2.00 bits per heavy atom. The van der Waals surface area contributed by atoms with Crippen LogP contribution >= 0.6 is 22.7 Å². The molecule has 3 aromatic rings. The maximum atomic E-state index is 12.6. The van der Waals surface area contributed by atoms with Crippen molar-refractivity contribution in [2.45, 2.75) is 20.1 Å². The lowest BCUT2D eigenvalue weighted by atomic mass is 10.2. The van der Waals surface area contributed by atoms with Gasteiger partial charge in [-0.2, -0.15) is 8.78 Å². The molecule has 2 aromatic heterocycles. The van der Waals surface area contributed by atoms with Crippen molar-refractivity contribution in [1.82, 2.24) is 10.3 Å². The molecular formula is C19H17F2N3O4S2. The van der Waals surface area contributed by atoms with Gasteiger partial charge in [0.2, 0.25) is 5.91 Å². The molecule has 0 unspecified atom stereocenters. The van der Waals surface area contributed by atoms with E-state index < -0.39 is 12.5 Å². The Kier molecular flexibility index (Phi) is 6.95. The number of thiazole rings is 1. The van der Waals surface area contributed by atoms with Crippen LogP contribution in [0.1, 0.15) is 22.2 Å². The van der Waals surface area contributed by atoms with E-state index in [1.165, 1.54) is 54.9 Å². The van der Waals surface area contributed by atoms with E-state index in [9.17, 15) is 18.4 Å². The van der Waals surface area contributed by atoms with Crippen LogP contribution in [-0.2, 0) is 11.3 Å². The second kappa shape index (κ2) is 9.63. The average molecular weight is 453 g/mol. The summed E-state index contributed by atoms with van der Waals surface area (Å²) in [5.74, 6) is -0.763. The van der Waals surface area contributed by atoms with Crippen molar-refractivity contribution in [3.05, 3.63) is 46.2 Å². The molecule has 1 aromatic carbocycles. The van der Waals surface area contributed by atoms with Gasteiger partial charge in [0.05, 0.1) is 24.2 Å². The van der Waals surface area contributed by atoms with Gasteiger partial charge in [-0.1, -0.05) is 0 Å². The third-order valence-corrected chi connectivity index (χ3v) is 5.66. The fourth-order valence-corrected chi connectivity index (χ4v) is 4.13. The van der Waals surface area contributed by atoms with Crippen LogP contribution in [-0.4, -0.2) is 30.5 Å². The Bertz CT molecular complexity index is 1050. The smallest absolute Gasteiger partial charge is 0.387 e. The Morgan fingerprint density at radius 3 is 2.70 bits per heavy atom. The van der Waals surface area contributed by atoms with Crippen LogP contribution in [0.15, 0.2) is 35.7 Å². The van der Waals surface area contributed by atoms with Crippen LogP contribution in [0, 0.1) is 0 Å². The van der Waals surface area contributed by atoms with Crippen LogP contribution in [0.3, 0.4) is 0 Å². The third kappa shape index (κ3) is 5.51. The lowest BCUT2D eigenvalue weighted by molar-refractivity contribution is -0.119. The molecule has 2 N–H and O–H groups in total. The first kappa shape index (κ1) is 21.7. The number of nitrogens with zero attached hydrogens (tertiary/aromatic N) is 1. The number of amides is 2. The summed E-state index contributed by atoms with van der Waals surface area (Å²) in [6, 6.07) is 7.79. The average Bonchev–Trinajstić information content (AvgIpc) is 3.35. The number of halogens is 2. The summed E-state index contributed by atoms with van der Waals surface area (Å²) in [4.78, 5) is 29.8. The summed E-state index contributed by atoms with van der Waals surface area (Å²) in [5, 5.41) is 7.53. The number of benzene rings is 1. The highest BCUT2D eigenvalue weighted by Crippen LogP contribution is 2.32. The van der Waals surface area contributed by atoms with E-state index in [2.05, 4.69) is 20.4 Å². The number of hydrogen-bond acceptors (Lipinski definition) is 7. The molecule has 0 atom stereocenters. The van der Waals surface area contributed by atoms with E-state index in [0.29, 0.717) is 17.4 Å². The normalized spacial score (nSPS) is 10.7. The minimum absolute atomic E-state index is 0.0937. The van der Waals surface area contributed by atoms with Gasteiger partial charge in [-0.15, -0.1) is 22.7 Å². The Labute approximate surface area is 178 Å². The molecule has 0 aliphatic carbocycles. The van der Waals surface area contributed by atoms with E-state index in [1.54, 1.807) is 5.38 Å². The topological polar surface area (TPSA) is 89.5 Å². The lowest BCUT2D eigenvalue weighted by Crippen LogP contribution is -2.17. The first-order chi connectivity index (χ1) is 14.4. The van der Waals surface area contributed by atoms with E-state index >= 15 is 0 Å². The van der Waals surface area contributed by atoms with Crippen molar-refractivity contribution in [3.8, 4) is 22.1 Å². The van der Waals surface area contributed by atoms with Crippen LogP contribution in [0.25, 0.3) is 10.6 Å². The van der Waals surface area contributed by atoms with Gasteiger partial charge >= 0.3 is 6.61 Å². The molecule has 0 radical (unpaired) electrons. The molecule has 0 bridgehead atoms. The first-order valence-corrected chi connectivity index (χ1v) is 10.3. The molecule has 2 amide bonds. The maximum Gasteiger partial charge on any atom is 0.387 e. The molecule has 11 heteroatoms. The summed E-state index contributed by atoms with van der Waals surface area (Å²) in [6.07, 6.45) is 0. The molecule has 0 aliphatic rings. The zero-order chi connectivity index (χ0) is 21.7. The first-order valence-electron chi connectivity index (χ1n) is 8.59. The number of aromatic nitrogens is 1. The predicted molar refractivity (Wildman–Crippen MR) is 111 cm³/mol. The van der Waals surface area contributed by atoms with Gasteiger partial charge in [-0.25, -0.2) is 4.98 Å². The highest BCUT2D eigenvalue weighted by atomic mass is 32.1. The van der Waals surface area contributed by atoms with Gasteiger partial charge in [0.25, 0.3) is 5.91 Å². The molecule has 30 heavy (non-hydrogen) atoms. The number of thiophene rings is 1. The molecule has 3 rings (SSSR count). The number of methoxy groups -OCH3 is 1. The number of anilines is 1. The van der Waals surface area contributed by atoms with Crippen LogP contribution in [0.5, 0.6) is 11.5 Å². The molecule has 0 fully saturated rings. The van der Waals surface area contributed by atoms with Gasteiger partial charge in [0.1, 0.15) is 0 Å². The van der Waals surface area contributed by atoms with Crippen LogP contribution in [0.4, 0.5) is 13.9 Å². The number of carbonyl (C=O) groups is 2. The fourth-order valence-electron chi connectivity index (χ4n) is 2.44. The number of rotatable bonds is 8. The number of hydrogen-bond donors (Lipinski definition) is 2. The predicted octanol–water partition coefficient (Wildman–Crippen LogP) is 4.37. The van der Waals surface area contributed by atoms with Gasteiger partial charge in [-0.3, -0.25) is 14.9 Å². The summed E-state index contributed by atoms with van der Waals surface area (Å²) < 4.78 is 34.5. The van der Waals surface area contributed by atoms with Crippen molar-refractivity contribution in [2.75, 3.05) is 12.4 Å². The van der Waals surface area contributed by atoms with E-state index in [0.717, 1.165) is 9.75 Å². The summed E-state index contributed by atoms with van der Waals surface area (Å²) >= 11 is 2.72. The van der Waals surface area contributed by atoms with Crippen LogP contribution in [0.2, 0.25) is 0 Å². The molecule has 0 aliphatic heterocycles. The molecule has 0 saturated heterocycles. The van der Waals surface area contributed by atoms with Crippen molar-refractivity contribution in [1.29, 1.82) is 0 Å².